The second-order valence-corrected chi connectivity index (χ2v) is 9.27. The number of carbonyl (C=O) groups excluding carboxylic acids is 1. The summed E-state index contributed by atoms with van der Waals surface area (Å²) in [5, 5.41) is 1.99. The number of anilines is 1. The molecular weight excluding hydrogens is 450 g/mol. The van der Waals surface area contributed by atoms with Gasteiger partial charge in [-0.25, -0.2) is 9.97 Å². The van der Waals surface area contributed by atoms with Crippen LogP contribution in [0.15, 0.2) is 61.6 Å². The van der Waals surface area contributed by atoms with E-state index in [9.17, 15) is 4.79 Å². The van der Waals surface area contributed by atoms with Crippen LogP contribution in [0.4, 0.5) is 5.82 Å². The minimum absolute atomic E-state index is 0.355. The van der Waals surface area contributed by atoms with E-state index in [1.54, 1.807) is 0 Å². The van der Waals surface area contributed by atoms with Crippen molar-refractivity contribution in [3.8, 4) is 11.1 Å². The Hall–Kier alpha value is -4.04. The lowest BCUT2D eigenvalue weighted by molar-refractivity contribution is -0.113. The fraction of sp³-hybridized carbons (Fsp3) is 0.286. The molecule has 5 heterocycles. The topological polar surface area (TPSA) is 116 Å². The van der Waals surface area contributed by atoms with Crippen LogP contribution >= 0.6 is 0 Å². The molecule has 0 unspecified atom stereocenters. The molecule has 2 aliphatic heterocycles. The Morgan fingerprint density at radius 3 is 2.69 bits per heavy atom. The number of nitrogens with zero attached hydrogens (tertiary/aromatic N) is 5. The predicted octanol–water partition coefficient (Wildman–Crippen LogP) is 4.16. The maximum atomic E-state index is 10.4. The first-order valence-electron chi connectivity index (χ1n) is 12.4. The molecule has 36 heavy (non-hydrogen) atoms. The van der Waals surface area contributed by atoms with Crippen molar-refractivity contribution in [3.63, 3.8) is 0 Å². The van der Waals surface area contributed by atoms with E-state index >= 15 is 0 Å². The molecule has 1 aromatic carbocycles. The van der Waals surface area contributed by atoms with Crippen molar-refractivity contribution in [3.05, 3.63) is 67.3 Å². The number of hydrogen-bond donors (Lipinski definition) is 2. The Kier molecular flexibility index (Phi) is 6.77. The predicted molar refractivity (Wildman–Crippen MR) is 145 cm³/mol. The fourth-order valence-corrected chi connectivity index (χ4v) is 5.09. The van der Waals surface area contributed by atoms with Gasteiger partial charge in [-0.05, 0) is 56.1 Å². The van der Waals surface area contributed by atoms with Crippen LogP contribution in [0.5, 0.6) is 0 Å². The second-order valence-electron chi connectivity index (χ2n) is 9.27. The number of carbonyl (C=O) groups is 1. The Balaban J connectivity index is 0.000000189. The van der Waals surface area contributed by atoms with Crippen molar-refractivity contribution in [2.75, 3.05) is 25.4 Å². The quantitative estimate of drug-likeness (QED) is 0.423. The molecule has 2 aliphatic rings. The van der Waals surface area contributed by atoms with Gasteiger partial charge in [0.05, 0.1) is 16.6 Å². The summed E-state index contributed by atoms with van der Waals surface area (Å²) >= 11 is 0. The number of piperidine rings is 1. The third kappa shape index (κ3) is 4.72. The van der Waals surface area contributed by atoms with Crippen molar-refractivity contribution in [2.45, 2.75) is 32.2 Å². The van der Waals surface area contributed by atoms with Crippen molar-refractivity contribution in [2.24, 2.45) is 5.73 Å². The van der Waals surface area contributed by atoms with Crippen LogP contribution in [0, 0.1) is 0 Å². The summed E-state index contributed by atoms with van der Waals surface area (Å²) in [6.07, 6.45) is 11.5. The number of nitrogens with two attached hydrogens (primary N) is 2. The fourth-order valence-electron chi connectivity index (χ4n) is 5.09. The zero-order chi connectivity index (χ0) is 25.1. The number of benzene rings is 1. The summed E-state index contributed by atoms with van der Waals surface area (Å²) in [6, 6.07) is 10.2. The zero-order valence-corrected chi connectivity index (χ0v) is 20.4. The first kappa shape index (κ1) is 23.7. The normalized spacial score (nSPS) is 15.8. The molecule has 0 radical (unpaired) electrons. The molecule has 0 saturated carbocycles. The molecule has 8 nitrogen and oxygen atoms in total. The summed E-state index contributed by atoms with van der Waals surface area (Å²) in [4.78, 5) is 26.0. The van der Waals surface area contributed by atoms with Crippen LogP contribution in [0.25, 0.3) is 38.6 Å². The number of amides is 1. The first-order valence-corrected chi connectivity index (χ1v) is 12.4. The zero-order valence-electron chi connectivity index (χ0n) is 20.4. The van der Waals surface area contributed by atoms with Crippen molar-refractivity contribution < 1.29 is 4.79 Å². The largest absolute Gasteiger partial charge is 0.383 e. The van der Waals surface area contributed by atoms with Crippen LogP contribution in [0.1, 0.15) is 31.4 Å². The molecule has 0 spiro atoms. The molecule has 1 amide bonds. The summed E-state index contributed by atoms with van der Waals surface area (Å²) < 4.78 is 2.19. The Labute approximate surface area is 210 Å². The number of likely N-dealkylation sites (tertiary alicyclic amines) is 1. The Morgan fingerprint density at radius 1 is 1.08 bits per heavy atom. The SMILES string of the molecule is C=C1CCn2c1c(-c1cnc3ccccc3c1)c1c(N)ncnc12.NC(=O)/C=C/CN1CCCCC1. The van der Waals surface area contributed by atoms with Crippen LogP contribution in [-0.4, -0.2) is 50.0 Å². The van der Waals surface area contributed by atoms with Crippen LogP contribution in [0.2, 0.25) is 0 Å². The summed E-state index contributed by atoms with van der Waals surface area (Å²) in [6.45, 7) is 8.29. The smallest absolute Gasteiger partial charge is 0.241 e. The van der Waals surface area contributed by atoms with Crippen LogP contribution < -0.4 is 11.5 Å². The van der Waals surface area contributed by atoms with Gasteiger partial charge in [0.15, 0.2) is 0 Å². The van der Waals surface area contributed by atoms with E-state index in [4.69, 9.17) is 11.5 Å². The summed E-state index contributed by atoms with van der Waals surface area (Å²) in [7, 11) is 0. The standard InChI is InChI=1S/C19H15N5.C9H16N2O/c1-11-6-7-24-17(11)15(16-18(20)22-10-23-19(16)24)13-8-12-4-2-3-5-14(12)21-9-13;10-9(12)5-4-8-11-6-2-1-3-7-11/h2-5,8-10H,1,6-7H2,(H2,20,22,23);4-5H,1-3,6-8H2,(H2,10,12)/b;5-4+. The summed E-state index contributed by atoms with van der Waals surface area (Å²) in [5.74, 6) is 0.143. The van der Waals surface area contributed by atoms with E-state index in [1.165, 1.54) is 31.7 Å². The molecule has 184 valence electrons. The molecule has 4 aromatic rings. The number of aromatic nitrogens is 4. The lowest BCUT2D eigenvalue weighted by atomic mass is 9.99. The molecule has 0 aliphatic carbocycles. The van der Waals surface area contributed by atoms with Crippen molar-refractivity contribution in [1.82, 2.24) is 24.4 Å². The average Bonchev–Trinajstić information content (AvgIpc) is 3.43. The number of primary amides is 1. The van der Waals surface area contributed by atoms with Crippen LogP contribution in [-0.2, 0) is 11.3 Å². The Bertz CT molecular complexity index is 1460. The monoisotopic (exact) mass is 481 g/mol. The number of rotatable bonds is 4. The molecular formula is C28H31N7O. The minimum Gasteiger partial charge on any atom is -0.383 e. The second kappa shape index (κ2) is 10.3. The number of aryl methyl sites for hydroxylation is 1. The average molecular weight is 482 g/mol. The maximum Gasteiger partial charge on any atom is 0.241 e. The van der Waals surface area contributed by atoms with Gasteiger partial charge in [0.25, 0.3) is 0 Å². The van der Waals surface area contributed by atoms with E-state index < -0.39 is 0 Å². The molecule has 0 bridgehead atoms. The highest BCUT2D eigenvalue weighted by molar-refractivity contribution is 6.07. The summed E-state index contributed by atoms with van der Waals surface area (Å²) in [5.41, 5.74) is 17.3. The first-order chi connectivity index (χ1) is 17.5. The Morgan fingerprint density at radius 2 is 1.89 bits per heavy atom. The van der Waals surface area contributed by atoms with E-state index in [2.05, 4.69) is 43.1 Å². The van der Waals surface area contributed by atoms with Gasteiger partial charge in [-0.1, -0.05) is 37.3 Å². The van der Waals surface area contributed by atoms with Gasteiger partial charge in [-0.2, -0.15) is 0 Å². The van der Waals surface area contributed by atoms with E-state index in [-0.39, 0.29) is 5.91 Å². The van der Waals surface area contributed by atoms with E-state index in [0.717, 1.165) is 76.9 Å². The number of fused-ring (bicyclic) bond motifs is 4. The highest BCUT2D eigenvalue weighted by Crippen LogP contribution is 2.43. The third-order valence-corrected chi connectivity index (χ3v) is 6.81. The van der Waals surface area contributed by atoms with Crippen LogP contribution in [0.3, 0.4) is 0 Å². The number of pyridine rings is 1. The highest BCUT2D eigenvalue weighted by Gasteiger charge is 2.27. The number of allylic oxidation sites excluding steroid dienone is 1. The lowest BCUT2D eigenvalue weighted by Gasteiger charge is -2.24. The number of nitrogen functional groups attached to an aromatic ring is 1. The minimum atomic E-state index is -0.355. The molecule has 4 N–H and O–H groups in total. The van der Waals surface area contributed by atoms with E-state index in [0.29, 0.717) is 5.82 Å². The van der Waals surface area contributed by atoms with Crippen molar-refractivity contribution >= 4 is 39.2 Å². The van der Waals surface area contributed by atoms with Gasteiger partial charge in [-0.15, -0.1) is 0 Å². The van der Waals surface area contributed by atoms with E-state index in [1.807, 2.05) is 30.5 Å². The number of para-hydroxylation sites is 1. The molecule has 0 atom stereocenters. The highest BCUT2D eigenvalue weighted by atomic mass is 16.1. The molecule has 1 fully saturated rings. The van der Waals surface area contributed by atoms with Gasteiger partial charge in [-0.3, -0.25) is 14.7 Å². The molecule has 3 aromatic heterocycles. The number of hydrogen-bond acceptors (Lipinski definition) is 6. The third-order valence-electron chi connectivity index (χ3n) is 6.81. The van der Waals surface area contributed by atoms with Gasteiger partial charge in [0.2, 0.25) is 5.91 Å². The maximum absolute atomic E-state index is 10.4. The van der Waals surface area contributed by atoms with Crippen molar-refractivity contribution in [1.29, 1.82) is 0 Å². The van der Waals surface area contributed by atoms with Gasteiger partial charge in [0, 0.05) is 35.8 Å². The molecule has 6 rings (SSSR count). The molecule has 8 heteroatoms. The lowest BCUT2D eigenvalue weighted by Crippen LogP contribution is -2.29. The van der Waals surface area contributed by atoms with Gasteiger partial charge >= 0.3 is 0 Å². The molecule has 1 saturated heterocycles. The van der Waals surface area contributed by atoms with Gasteiger partial charge in [0.1, 0.15) is 17.8 Å². The van der Waals surface area contributed by atoms with Gasteiger partial charge < -0.3 is 16.0 Å².